The number of carbonyl (C=O) groups is 1. The zero-order valence-electron chi connectivity index (χ0n) is 12.3. The number of aliphatic carboxylic acids is 1. The molecule has 1 fully saturated rings. The standard InChI is InChI=1S/C14H28N2O2/c1-5-15(6-2)9-10-16-8-7-14(11-16,12(3)4)13(17)18/h12H,5-11H2,1-4H3,(H,17,18). The third kappa shape index (κ3) is 3.23. The number of rotatable bonds is 7. The summed E-state index contributed by atoms with van der Waals surface area (Å²) in [5.74, 6) is -0.420. The molecule has 1 unspecified atom stereocenters. The van der Waals surface area contributed by atoms with Gasteiger partial charge in [0.1, 0.15) is 0 Å². The topological polar surface area (TPSA) is 43.8 Å². The molecule has 4 heteroatoms. The molecule has 1 rings (SSSR count). The average Bonchev–Trinajstić information content (AvgIpc) is 2.76. The molecule has 4 nitrogen and oxygen atoms in total. The summed E-state index contributed by atoms with van der Waals surface area (Å²) in [5, 5.41) is 9.48. The monoisotopic (exact) mass is 256 g/mol. The van der Waals surface area contributed by atoms with Gasteiger partial charge in [0.2, 0.25) is 0 Å². The van der Waals surface area contributed by atoms with Gasteiger partial charge in [-0.15, -0.1) is 0 Å². The lowest BCUT2D eigenvalue weighted by molar-refractivity contribution is -0.151. The van der Waals surface area contributed by atoms with Crippen molar-refractivity contribution in [2.24, 2.45) is 11.3 Å². The highest BCUT2D eigenvalue weighted by molar-refractivity contribution is 5.75. The van der Waals surface area contributed by atoms with Crippen molar-refractivity contribution in [3.63, 3.8) is 0 Å². The normalized spacial score (nSPS) is 25.2. The van der Waals surface area contributed by atoms with E-state index in [4.69, 9.17) is 0 Å². The van der Waals surface area contributed by atoms with Gasteiger partial charge in [-0.25, -0.2) is 0 Å². The van der Waals surface area contributed by atoms with Crippen molar-refractivity contribution >= 4 is 5.97 Å². The lowest BCUT2D eigenvalue weighted by Gasteiger charge is -2.29. The smallest absolute Gasteiger partial charge is 0.311 e. The van der Waals surface area contributed by atoms with E-state index in [1.54, 1.807) is 0 Å². The second-order valence-electron chi connectivity index (χ2n) is 5.67. The molecule has 106 valence electrons. The molecule has 0 amide bonds. The summed E-state index contributed by atoms with van der Waals surface area (Å²) < 4.78 is 0. The first-order chi connectivity index (χ1) is 8.46. The molecule has 0 aromatic rings. The molecule has 0 aromatic carbocycles. The van der Waals surface area contributed by atoms with Gasteiger partial charge in [0.15, 0.2) is 0 Å². The quantitative estimate of drug-likeness (QED) is 0.754. The van der Waals surface area contributed by atoms with Crippen LogP contribution in [0, 0.1) is 11.3 Å². The van der Waals surface area contributed by atoms with E-state index in [-0.39, 0.29) is 5.92 Å². The lowest BCUT2D eigenvalue weighted by Crippen LogP contribution is -2.41. The Balaban J connectivity index is 2.52. The fourth-order valence-electron chi connectivity index (χ4n) is 2.82. The van der Waals surface area contributed by atoms with Crippen LogP contribution in [0.5, 0.6) is 0 Å². The SMILES string of the molecule is CCN(CC)CCN1CCC(C(=O)O)(C(C)C)C1. The van der Waals surface area contributed by atoms with Gasteiger partial charge >= 0.3 is 5.97 Å². The molecule has 0 saturated carbocycles. The van der Waals surface area contributed by atoms with Gasteiger partial charge in [0, 0.05) is 19.6 Å². The number of nitrogens with zero attached hydrogens (tertiary/aromatic N) is 2. The highest BCUT2D eigenvalue weighted by Crippen LogP contribution is 2.37. The molecule has 0 radical (unpaired) electrons. The molecular formula is C14H28N2O2. The third-order valence-corrected chi connectivity index (χ3v) is 4.54. The summed E-state index contributed by atoms with van der Waals surface area (Å²) in [6.45, 7) is 14.2. The van der Waals surface area contributed by atoms with Gasteiger partial charge in [-0.1, -0.05) is 27.7 Å². The van der Waals surface area contributed by atoms with Gasteiger partial charge in [-0.05, 0) is 32.0 Å². The molecule has 0 aliphatic carbocycles. The van der Waals surface area contributed by atoms with Crippen molar-refractivity contribution in [3.8, 4) is 0 Å². The first kappa shape index (κ1) is 15.4. The summed E-state index contributed by atoms with van der Waals surface area (Å²) >= 11 is 0. The van der Waals surface area contributed by atoms with E-state index in [2.05, 4.69) is 23.6 Å². The minimum Gasteiger partial charge on any atom is -0.481 e. The summed E-state index contributed by atoms with van der Waals surface area (Å²) in [5.41, 5.74) is -0.525. The first-order valence-corrected chi connectivity index (χ1v) is 7.14. The summed E-state index contributed by atoms with van der Waals surface area (Å²) in [6.07, 6.45) is 0.790. The largest absolute Gasteiger partial charge is 0.481 e. The van der Waals surface area contributed by atoms with Crippen LogP contribution in [-0.2, 0) is 4.79 Å². The van der Waals surface area contributed by atoms with Crippen molar-refractivity contribution in [1.82, 2.24) is 9.80 Å². The van der Waals surface area contributed by atoms with Crippen LogP contribution in [0.4, 0.5) is 0 Å². The van der Waals surface area contributed by atoms with Crippen molar-refractivity contribution in [3.05, 3.63) is 0 Å². The Labute approximate surface area is 111 Å². The van der Waals surface area contributed by atoms with Crippen LogP contribution in [0.3, 0.4) is 0 Å². The van der Waals surface area contributed by atoms with Crippen LogP contribution >= 0.6 is 0 Å². The summed E-state index contributed by atoms with van der Waals surface area (Å²) in [7, 11) is 0. The van der Waals surface area contributed by atoms with Gasteiger partial charge in [-0.3, -0.25) is 4.79 Å². The molecule has 1 aliphatic heterocycles. The number of likely N-dealkylation sites (N-methyl/N-ethyl adjacent to an activating group) is 1. The Morgan fingerprint density at radius 2 is 2.00 bits per heavy atom. The van der Waals surface area contributed by atoms with Crippen LogP contribution in [-0.4, -0.2) is 60.1 Å². The maximum Gasteiger partial charge on any atom is 0.311 e. The molecule has 0 spiro atoms. The number of carboxylic acids is 1. The highest BCUT2D eigenvalue weighted by Gasteiger charge is 2.46. The molecule has 1 N–H and O–H groups in total. The predicted octanol–water partition coefficient (Wildman–Crippen LogP) is 1.76. The second-order valence-corrected chi connectivity index (χ2v) is 5.67. The van der Waals surface area contributed by atoms with E-state index in [1.807, 2.05) is 13.8 Å². The molecule has 0 aromatic heterocycles. The van der Waals surface area contributed by atoms with Gasteiger partial charge in [0.25, 0.3) is 0 Å². The molecule has 18 heavy (non-hydrogen) atoms. The van der Waals surface area contributed by atoms with Crippen LogP contribution < -0.4 is 0 Å². The average molecular weight is 256 g/mol. The van der Waals surface area contributed by atoms with Crippen molar-refractivity contribution in [1.29, 1.82) is 0 Å². The molecule has 1 aliphatic rings. The fourth-order valence-corrected chi connectivity index (χ4v) is 2.82. The van der Waals surface area contributed by atoms with Crippen LogP contribution in [0.2, 0.25) is 0 Å². The molecule has 0 bridgehead atoms. The van der Waals surface area contributed by atoms with Crippen LogP contribution in [0.25, 0.3) is 0 Å². The molecular weight excluding hydrogens is 228 g/mol. The Hall–Kier alpha value is -0.610. The summed E-state index contributed by atoms with van der Waals surface area (Å²) in [4.78, 5) is 16.2. The van der Waals surface area contributed by atoms with E-state index in [9.17, 15) is 9.90 Å². The van der Waals surface area contributed by atoms with Gasteiger partial charge in [-0.2, -0.15) is 0 Å². The minimum atomic E-state index is -0.622. The number of likely N-dealkylation sites (tertiary alicyclic amines) is 1. The van der Waals surface area contributed by atoms with Crippen LogP contribution in [0.15, 0.2) is 0 Å². The Morgan fingerprint density at radius 1 is 1.39 bits per heavy atom. The van der Waals surface area contributed by atoms with Crippen molar-refractivity contribution in [2.45, 2.75) is 34.1 Å². The lowest BCUT2D eigenvalue weighted by atomic mass is 9.76. The van der Waals surface area contributed by atoms with Crippen molar-refractivity contribution < 1.29 is 9.90 Å². The van der Waals surface area contributed by atoms with E-state index < -0.39 is 11.4 Å². The number of hydrogen-bond donors (Lipinski definition) is 1. The second kappa shape index (κ2) is 6.53. The third-order valence-electron chi connectivity index (χ3n) is 4.54. The number of carboxylic acid groups (broad SMARTS) is 1. The zero-order chi connectivity index (χ0) is 13.8. The van der Waals surface area contributed by atoms with E-state index in [1.165, 1.54) is 0 Å². The zero-order valence-corrected chi connectivity index (χ0v) is 12.3. The Kier molecular flexibility index (Phi) is 5.60. The molecule has 1 heterocycles. The Bertz CT molecular complexity index is 277. The molecule has 1 saturated heterocycles. The minimum absolute atomic E-state index is 0.202. The van der Waals surface area contributed by atoms with E-state index >= 15 is 0 Å². The van der Waals surface area contributed by atoms with E-state index in [0.717, 1.165) is 39.1 Å². The van der Waals surface area contributed by atoms with Crippen LogP contribution in [0.1, 0.15) is 34.1 Å². The van der Waals surface area contributed by atoms with Gasteiger partial charge in [0.05, 0.1) is 5.41 Å². The maximum absolute atomic E-state index is 11.5. The highest BCUT2D eigenvalue weighted by atomic mass is 16.4. The predicted molar refractivity (Wildman–Crippen MR) is 73.8 cm³/mol. The number of hydrogen-bond acceptors (Lipinski definition) is 3. The first-order valence-electron chi connectivity index (χ1n) is 7.14. The Morgan fingerprint density at radius 3 is 2.39 bits per heavy atom. The van der Waals surface area contributed by atoms with E-state index in [0.29, 0.717) is 6.54 Å². The van der Waals surface area contributed by atoms with Crippen molar-refractivity contribution in [2.75, 3.05) is 39.3 Å². The maximum atomic E-state index is 11.5. The molecule has 1 atom stereocenters. The fraction of sp³-hybridized carbons (Fsp3) is 0.929. The van der Waals surface area contributed by atoms with Gasteiger partial charge < -0.3 is 14.9 Å². The summed E-state index contributed by atoms with van der Waals surface area (Å²) in [6, 6.07) is 0.